The van der Waals surface area contributed by atoms with Gasteiger partial charge in [0, 0.05) is 31.0 Å². The Morgan fingerprint density at radius 3 is 2.67 bits per heavy atom. The van der Waals surface area contributed by atoms with E-state index in [1.54, 1.807) is 24.4 Å². The minimum absolute atomic E-state index is 0.0525. The Morgan fingerprint density at radius 2 is 2.00 bits per heavy atom. The van der Waals surface area contributed by atoms with Crippen molar-refractivity contribution < 1.29 is 19.4 Å². The number of hydrogen-bond donors (Lipinski definition) is 1. The number of rotatable bonds is 4. The van der Waals surface area contributed by atoms with Crippen molar-refractivity contribution in [2.24, 2.45) is 11.3 Å². The van der Waals surface area contributed by atoms with E-state index in [0.29, 0.717) is 25.1 Å². The summed E-state index contributed by atoms with van der Waals surface area (Å²) in [6, 6.07) is 9.39. The average Bonchev–Trinajstić information content (AvgIpc) is 3.26. The number of ether oxygens (including phenoxy) is 1. The van der Waals surface area contributed by atoms with Crippen LogP contribution >= 0.6 is 0 Å². The van der Waals surface area contributed by atoms with Crippen molar-refractivity contribution >= 4 is 11.9 Å². The Kier molecular flexibility index (Phi) is 4.34. The van der Waals surface area contributed by atoms with Crippen LogP contribution in [-0.2, 0) is 4.79 Å². The zero-order chi connectivity index (χ0) is 19.0. The van der Waals surface area contributed by atoms with Gasteiger partial charge in [-0.25, -0.2) is 0 Å². The highest BCUT2D eigenvalue weighted by Crippen LogP contribution is 2.49. The van der Waals surface area contributed by atoms with Gasteiger partial charge in [-0.05, 0) is 42.5 Å². The van der Waals surface area contributed by atoms with Gasteiger partial charge in [0.05, 0.1) is 18.1 Å². The first-order valence-corrected chi connectivity index (χ1v) is 9.16. The number of methoxy groups -OCH3 is 1. The molecule has 1 saturated carbocycles. The number of likely N-dealkylation sites (tertiary alicyclic amines) is 1. The van der Waals surface area contributed by atoms with Gasteiger partial charge in [-0.2, -0.15) is 0 Å². The molecule has 140 valence electrons. The minimum Gasteiger partial charge on any atom is -0.497 e. The van der Waals surface area contributed by atoms with Gasteiger partial charge in [-0.1, -0.05) is 18.6 Å². The molecule has 2 aliphatic rings. The highest BCUT2D eigenvalue weighted by Gasteiger charge is 2.55. The Morgan fingerprint density at radius 1 is 1.22 bits per heavy atom. The van der Waals surface area contributed by atoms with E-state index >= 15 is 0 Å². The molecule has 1 N–H and O–H groups in total. The number of aliphatic carboxylic acids is 1. The molecule has 6 heteroatoms. The van der Waals surface area contributed by atoms with Crippen molar-refractivity contribution in [1.29, 1.82) is 0 Å². The fourth-order valence-corrected chi connectivity index (χ4v) is 4.47. The molecule has 0 unspecified atom stereocenters. The van der Waals surface area contributed by atoms with E-state index in [1.165, 1.54) is 0 Å². The Hall–Kier alpha value is -2.89. The van der Waals surface area contributed by atoms with Crippen LogP contribution in [0, 0.1) is 11.3 Å². The average molecular weight is 366 g/mol. The van der Waals surface area contributed by atoms with Crippen molar-refractivity contribution in [3.63, 3.8) is 0 Å². The number of benzene rings is 1. The molecule has 1 aliphatic carbocycles. The summed E-state index contributed by atoms with van der Waals surface area (Å²) in [6.45, 7) is 0.802. The van der Waals surface area contributed by atoms with Crippen LogP contribution < -0.4 is 4.74 Å². The van der Waals surface area contributed by atoms with Crippen LogP contribution in [0.5, 0.6) is 5.75 Å². The second-order valence-corrected chi connectivity index (χ2v) is 7.43. The van der Waals surface area contributed by atoms with Gasteiger partial charge in [0.15, 0.2) is 0 Å². The zero-order valence-electron chi connectivity index (χ0n) is 15.2. The third-order valence-corrected chi connectivity index (χ3v) is 5.99. The van der Waals surface area contributed by atoms with Crippen LogP contribution in [0.2, 0.25) is 0 Å². The summed E-state index contributed by atoms with van der Waals surface area (Å²) in [4.78, 5) is 30.8. The Balaban J connectivity index is 1.57. The number of aromatic nitrogens is 1. The normalized spacial score (nSPS) is 23.9. The number of nitrogens with zero attached hydrogens (tertiary/aromatic N) is 2. The van der Waals surface area contributed by atoms with Crippen LogP contribution in [0.4, 0.5) is 0 Å². The molecular formula is C21H22N2O4. The van der Waals surface area contributed by atoms with Crippen LogP contribution in [0.3, 0.4) is 0 Å². The SMILES string of the molecule is COc1ccc(-c2cncc(C(=O)N3C[C@@H]4CCC[C@@]4(C(=O)O)C3)c2)cc1. The molecule has 2 aromatic rings. The number of carboxylic acid groups (broad SMARTS) is 1. The first-order chi connectivity index (χ1) is 13.0. The maximum Gasteiger partial charge on any atom is 0.311 e. The van der Waals surface area contributed by atoms with E-state index in [4.69, 9.17) is 4.74 Å². The van der Waals surface area contributed by atoms with E-state index in [0.717, 1.165) is 29.7 Å². The molecule has 1 aromatic heterocycles. The highest BCUT2D eigenvalue weighted by molar-refractivity contribution is 5.96. The lowest BCUT2D eigenvalue weighted by atomic mass is 9.81. The van der Waals surface area contributed by atoms with Gasteiger partial charge in [0.2, 0.25) is 0 Å². The summed E-state index contributed by atoms with van der Waals surface area (Å²) in [5.41, 5.74) is 1.51. The number of carboxylic acids is 1. The Bertz CT molecular complexity index is 880. The predicted octanol–water partition coefficient (Wildman–Crippen LogP) is 3.08. The minimum atomic E-state index is -0.773. The fourth-order valence-electron chi connectivity index (χ4n) is 4.47. The van der Waals surface area contributed by atoms with Gasteiger partial charge in [-0.15, -0.1) is 0 Å². The van der Waals surface area contributed by atoms with E-state index in [9.17, 15) is 14.7 Å². The third kappa shape index (κ3) is 2.95. The molecule has 0 bridgehead atoms. The number of carbonyl (C=O) groups is 2. The van der Waals surface area contributed by atoms with Gasteiger partial charge in [0.1, 0.15) is 5.75 Å². The summed E-state index contributed by atoms with van der Waals surface area (Å²) in [6.07, 6.45) is 5.72. The monoisotopic (exact) mass is 366 g/mol. The summed E-state index contributed by atoms with van der Waals surface area (Å²) in [5.74, 6) is -0.100. The number of pyridine rings is 1. The lowest BCUT2D eigenvalue weighted by molar-refractivity contribution is -0.149. The van der Waals surface area contributed by atoms with E-state index in [1.807, 2.05) is 30.3 Å². The molecule has 6 nitrogen and oxygen atoms in total. The van der Waals surface area contributed by atoms with Crippen LogP contribution in [-0.4, -0.2) is 47.1 Å². The van der Waals surface area contributed by atoms with Crippen molar-refractivity contribution in [3.05, 3.63) is 48.3 Å². The topological polar surface area (TPSA) is 79.7 Å². The molecule has 4 rings (SSSR count). The molecule has 0 spiro atoms. The molecule has 2 fully saturated rings. The molecular weight excluding hydrogens is 344 g/mol. The first-order valence-electron chi connectivity index (χ1n) is 9.16. The number of hydrogen-bond acceptors (Lipinski definition) is 4. The highest BCUT2D eigenvalue weighted by atomic mass is 16.5. The lowest BCUT2D eigenvalue weighted by Crippen LogP contribution is -2.37. The first kappa shape index (κ1) is 17.5. The van der Waals surface area contributed by atoms with E-state index < -0.39 is 11.4 Å². The van der Waals surface area contributed by atoms with Crippen molar-refractivity contribution in [1.82, 2.24) is 9.88 Å². The lowest BCUT2D eigenvalue weighted by Gasteiger charge is -2.23. The maximum atomic E-state index is 13.0. The second kappa shape index (κ2) is 6.68. The zero-order valence-corrected chi connectivity index (χ0v) is 15.2. The standard InChI is InChI=1S/C21H22N2O4/c1-27-18-6-4-14(5-7-18)15-9-16(11-22-10-15)19(24)23-12-17-3-2-8-21(17,13-23)20(25)26/h4-7,9-11,17H,2-3,8,12-13H2,1H3,(H,25,26)/t17-,21+/m0/s1. The summed E-state index contributed by atoms with van der Waals surface area (Å²) < 4.78 is 5.18. The third-order valence-electron chi connectivity index (χ3n) is 5.99. The summed E-state index contributed by atoms with van der Waals surface area (Å²) in [5, 5.41) is 9.72. The Labute approximate surface area is 157 Å². The second-order valence-electron chi connectivity index (χ2n) is 7.43. The van der Waals surface area contributed by atoms with E-state index in [2.05, 4.69) is 4.98 Å². The maximum absolute atomic E-state index is 13.0. The van der Waals surface area contributed by atoms with Gasteiger partial charge < -0.3 is 14.7 Å². The van der Waals surface area contributed by atoms with Gasteiger partial charge in [0.25, 0.3) is 5.91 Å². The van der Waals surface area contributed by atoms with Gasteiger partial charge >= 0.3 is 5.97 Å². The molecule has 1 aliphatic heterocycles. The molecule has 1 amide bonds. The quantitative estimate of drug-likeness (QED) is 0.899. The molecule has 1 aromatic carbocycles. The van der Waals surface area contributed by atoms with Crippen LogP contribution in [0.1, 0.15) is 29.6 Å². The number of amides is 1. The molecule has 2 atom stereocenters. The number of fused-ring (bicyclic) bond motifs is 1. The summed E-state index contributed by atoms with van der Waals surface area (Å²) in [7, 11) is 1.62. The molecule has 1 saturated heterocycles. The van der Waals surface area contributed by atoms with Crippen molar-refractivity contribution in [3.8, 4) is 16.9 Å². The number of carbonyl (C=O) groups excluding carboxylic acids is 1. The van der Waals surface area contributed by atoms with Crippen molar-refractivity contribution in [2.45, 2.75) is 19.3 Å². The van der Waals surface area contributed by atoms with Crippen LogP contribution in [0.25, 0.3) is 11.1 Å². The predicted molar refractivity (Wildman–Crippen MR) is 99.5 cm³/mol. The smallest absolute Gasteiger partial charge is 0.311 e. The largest absolute Gasteiger partial charge is 0.497 e. The molecule has 0 radical (unpaired) electrons. The van der Waals surface area contributed by atoms with Gasteiger partial charge in [-0.3, -0.25) is 14.6 Å². The summed E-state index contributed by atoms with van der Waals surface area (Å²) >= 11 is 0. The molecule has 27 heavy (non-hydrogen) atoms. The fraction of sp³-hybridized carbons (Fsp3) is 0.381. The molecule has 2 heterocycles. The van der Waals surface area contributed by atoms with Crippen molar-refractivity contribution in [2.75, 3.05) is 20.2 Å². The van der Waals surface area contributed by atoms with Crippen LogP contribution in [0.15, 0.2) is 42.7 Å². The van der Waals surface area contributed by atoms with E-state index in [-0.39, 0.29) is 11.8 Å².